The lowest BCUT2D eigenvalue weighted by Gasteiger charge is -2.05. The fourth-order valence-corrected chi connectivity index (χ4v) is 2.16. The van der Waals surface area contributed by atoms with Crippen LogP contribution in [-0.2, 0) is 6.42 Å². The van der Waals surface area contributed by atoms with Gasteiger partial charge < -0.3 is 4.74 Å². The molecule has 0 unspecified atom stereocenters. The van der Waals surface area contributed by atoms with E-state index >= 15 is 0 Å². The number of ether oxygens (including phenoxy) is 1. The molecule has 0 aliphatic carbocycles. The van der Waals surface area contributed by atoms with Crippen molar-refractivity contribution in [1.29, 1.82) is 0 Å². The molecule has 4 heteroatoms. The van der Waals surface area contributed by atoms with Gasteiger partial charge in [0.1, 0.15) is 5.75 Å². The highest BCUT2D eigenvalue weighted by Gasteiger charge is 2.08. The summed E-state index contributed by atoms with van der Waals surface area (Å²) in [6.45, 7) is 2.55. The molecule has 0 fully saturated rings. The molecule has 0 spiro atoms. The normalized spacial score (nSPS) is 10.2. The van der Waals surface area contributed by atoms with Crippen LogP contribution < -0.4 is 4.74 Å². The van der Waals surface area contributed by atoms with E-state index in [1.54, 1.807) is 24.5 Å². The van der Waals surface area contributed by atoms with E-state index in [9.17, 15) is 4.79 Å². The molecule has 0 amide bonds. The summed E-state index contributed by atoms with van der Waals surface area (Å²) >= 11 is 3.34. The highest BCUT2D eigenvalue weighted by Crippen LogP contribution is 2.15. The Morgan fingerprint density at radius 1 is 1.26 bits per heavy atom. The number of carbonyl (C=O) groups is 1. The molecule has 0 saturated carbocycles. The predicted octanol–water partition coefficient (Wildman–Crippen LogP) is 3.67. The average Bonchev–Trinajstić information content (AvgIpc) is 2.40. The number of Topliss-reactive ketones (excluding diaryl/α,β-unsaturated/α-hetero) is 1. The van der Waals surface area contributed by atoms with E-state index in [-0.39, 0.29) is 5.78 Å². The smallest absolute Gasteiger partial charge is 0.167 e. The third-order valence-electron chi connectivity index (χ3n) is 2.61. The van der Waals surface area contributed by atoms with E-state index in [1.807, 2.05) is 25.1 Å². The van der Waals surface area contributed by atoms with Crippen LogP contribution in [0.5, 0.6) is 5.75 Å². The van der Waals surface area contributed by atoms with Gasteiger partial charge >= 0.3 is 0 Å². The van der Waals surface area contributed by atoms with Gasteiger partial charge in [-0.25, -0.2) is 0 Å². The molecule has 0 radical (unpaired) electrons. The number of aromatic nitrogens is 1. The summed E-state index contributed by atoms with van der Waals surface area (Å²) in [5.74, 6) is 0.853. The molecule has 1 aromatic heterocycles. The molecule has 98 valence electrons. The predicted molar refractivity (Wildman–Crippen MR) is 77.6 cm³/mol. The molecule has 3 nitrogen and oxygen atoms in total. The molecule has 19 heavy (non-hydrogen) atoms. The lowest BCUT2D eigenvalue weighted by atomic mass is 10.0. The minimum atomic E-state index is 0.0722. The van der Waals surface area contributed by atoms with E-state index in [4.69, 9.17) is 4.74 Å². The second kappa shape index (κ2) is 6.48. The van der Waals surface area contributed by atoms with Crippen LogP contribution in [0.2, 0.25) is 0 Å². The number of hydrogen-bond donors (Lipinski definition) is 0. The molecular formula is C15H14BrNO2. The van der Waals surface area contributed by atoms with Gasteiger partial charge in [-0.3, -0.25) is 9.78 Å². The van der Waals surface area contributed by atoms with Crippen molar-refractivity contribution in [3.05, 3.63) is 58.3 Å². The standard InChI is InChI=1S/C15H14BrNO2/c1-2-19-14-5-3-12(4-6-14)15(18)8-11-7-13(16)10-17-9-11/h3-7,9-10H,2,8H2,1H3. The van der Waals surface area contributed by atoms with Crippen molar-refractivity contribution in [1.82, 2.24) is 4.98 Å². The summed E-state index contributed by atoms with van der Waals surface area (Å²) in [5.41, 5.74) is 1.58. The molecule has 0 atom stereocenters. The van der Waals surface area contributed by atoms with Gasteiger partial charge in [-0.2, -0.15) is 0 Å². The third-order valence-corrected chi connectivity index (χ3v) is 3.05. The molecule has 0 aliphatic rings. The number of pyridine rings is 1. The fourth-order valence-electron chi connectivity index (χ4n) is 1.74. The quantitative estimate of drug-likeness (QED) is 0.789. The molecule has 2 rings (SSSR count). The number of ketones is 1. The highest BCUT2D eigenvalue weighted by atomic mass is 79.9. The van der Waals surface area contributed by atoms with Crippen LogP contribution in [0.25, 0.3) is 0 Å². The first-order valence-electron chi connectivity index (χ1n) is 6.04. The first-order chi connectivity index (χ1) is 9.19. The molecule has 1 aromatic carbocycles. The highest BCUT2D eigenvalue weighted by molar-refractivity contribution is 9.10. The number of halogens is 1. The Balaban J connectivity index is 2.07. The Morgan fingerprint density at radius 2 is 2.00 bits per heavy atom. The van der Waals surface area contributed by atoms with E-state index < -0.39 is 0 Å². The third kappa shape index (κ3) is 3.89. The summed E-state index contributed by atoms with van der Waals surface area (Å²) < 4.78 is 6.23. The maximum Gasteiger partial charge on any atom is 0.167 e. The monoisotopic (exact) mass is 319 g/mol. The van der Waals surface area contributed by atoms with Gasteiger partial charge in [0.15, 0.2) is 5.78 Å². The topological polar surface area (TPSA) is 39.2 Å². The molecule has 1 heterocycles. The van der Waals surface area contributed by atoms with Crippen LogP contribution in [0.15, 0.2) is 47.2 Å². The largest absolute Gasteiger partial charge is 0.494 e. The summed E-state index contributed by atoms with van der Waals surface area (Å²) in [6, 6.07) is 9.11. The van der Waals surface area contributed by atoms with E-state index in [1.165, 1.54) is 0 Å². The maximum atomic E-state index is 12.1. The molecule has 0 aliphatic heterocycles. The summed E-state index contributed by atoms with van der Waals surface area (Å²) in [6.07, 6.45) is 3.75. The van der Waals surface area contributed by atoms with Crippen LogP contribution in [0.4, 0.5) is 0 Å². The second-order valence-corrected chi connectivity index (χ2v) is 4.98. The first kappa shape index (κ1) is 13.7. The Labute approximate surface area is 120 Å². The van der Waals surface area contributed by atoms with Gasteiger partial charge in [-0.15, -0.1) is 0 Å². The van der Waals surface area contributed by atoms with Crippen LogP contribution >= 0.6 is 15.9 Å². The van der Waals surface area contributed by atoms with Crippen molar-refractivity contribution in [2.24, 2.45) is 0 Å². The number of benzene rings is 1. The summed E-state index contributed by atoms with van der Waals surface area (Å²) in [7, 11) is 0. The SMILES string of the molecule is CCOc1ccc(C(=O)Cc2cncc(Br)c2)cc1. The first-order valence-corrected chi connectivity index (χ1v) is 6.84. The van der Waals surface area contributed by atoms with Crippen molar-refractivity contribution in [2.45, 2.75) is 13.3 Å². The van der Waals surface area contributed by atoms with Crippen LogP contribution in [0.1, 0.15) is 22.8 Å². The Kier molecular flexibility index (Phi) is 4.68. The van der Waals surface area contributed by atoms with E-state index in [0.29, 0.717) is 18.6 Å². The molecule has 2 aromatic rings. The zero-order chi connectivity index (χ0) is 13.7. The van der Waals surface area contributed by atoms with Gasteiger partial charge in [0.25, 0.3) is 0 Å². The summed E-state index contributed by atoms with van der Waals surface area (Å²) in [5, 5.41) is 0. The number of hydrogen-bond acceptors (Lipinski definition) is 3. The van der Waals surface area contributed by atoms with Crippen LogP contribution in [-0.4, -0.2) is 17.4 Å². The van der Waals surface area contributed by atoms with Crippen molar-refractivity contribution in [2.75, 3.05) is 6.61 Å². The maximum absolute atomic E-state index is 12.1. The van der Waals surface area contributed by atoms with Gasteiger partial charge in [0, 0.05) is 28.9 Å². The Morgan fingerprint density at radius 3 is 2.63 bits per heavy atom. The van der Waals surface area contributed by atoms with Crippen molar-refractivity contribution >= 4 is 21.7 Å². The minimum absolute atomic E-state index is 0.0722. The lowest BCUT2D eigenvalue weighted by Crippen LogP contribution is -2.04. The zero-order valence-electron chi connectivity index (χ0n) is 10.6. The summed E-state index contributed by atoms with van der Waals surface area (Å²) in [4.78, 5) is 16.2. The fraction of sp³-hybridized carbons (Fsp3) is 0.200. The van der Waals surface area contributed by atoms with Crippen molar-refractivity contribution in [3.8, 4) is 5.75 Å². The number of rotatable bonds is 5. The average molecular weight is 320 g/mol. The zero-order valence-corrected chi connectivity index (χ0v) is 12.2. The molecule has 0 N–H and O–H groups in total. The van der Waals surface area contributed by atoms with Crippen molar-refractivity contribution in [3.63, 3.8) is 0 Å². The number of nitrogens with zero attached hydrogens (tertiary/aromatic N) is 1. The van der Waals surface area contributed by atoms with Gasteiger partial charge in [0.2, 0.25) is 0 Å². The van der Waals surface area contributed by atoms with Crippen molar-refractivity contribution < 1.29 is 9.53 Å². The van der Waals surface area contributed by atoms with Crippen LogP contribution in [0, 0.1) is 0 Å². The minimum Gasteiger partial charge on any atom is -0.494 e. The van der Waals surface area contributed by atoms with Gasteiger partial charge in [-0.05, 0) is 58.7 Å². The second-order valence-electron chi connectivity index (χ2n) is 4.07. The van der Waals surface area contributed by atoms with E-state index in [0.717, 1.165) is 15.8 Å². The Hall–Kier alpha value is -1.68. The van der Waals surface area contributed by atoms with E-state index in [2.05, 4.69) is 20.9 Å². The Bertz CT molecular complexity index is 567. The van der Waals surface area contributed by atoms with Gasteiger partial charge in [-0.1, -0.05) is 0 Å². The van der Waals surface area contributed by atoms with Gasteiger partial charge in [0.05, 0.1) is 6.61 Å². The van der Waals surface area contributed by atoms with Crippen LogP contribution in [0.3, 0.4) is 0 Å². The number of carbonyl (C=O) groups excluding carboxylic acids is 1. The molecule has 0 saturated heterocycles. The molecule has 0 bridgehead atoms. The lowest BCUT2D eigenvalue weighted by molar-refractivity contribution is 0.0993. The molecular weight excluding hydrogens is 306 g/mol.